The molecule has 0 spiro atoms. The summed E-state index contributed by atoms with van der Waals surface area (Å²) in [4.78, 5) is 136. The predicted molar refractivity (Wildman–Crippen MR) is 503 cm³/mol. The number of hydrogen-bond acceptors (Lipinski definition) is 31. The number of ketones is 1. The molecule has 136 heavy (non-hydrogen) atoms. The van der Waals surface area contributed by atoms with Crippen molar-refractivity contribution >= 4 is 74.7 Å². The first-order chi connectivity index (χ1) is 65.1. The number of nitrogens with zero attached hydrogens (tertiary/aromatic N) is 12. The molecule has 3 aromatic heterocycles. The lowest BCUT2D eigenvalue weighted by atomic mass is 9.78. The lowest BCUT2D eigenvalue weighted by Gasteiger charge is -2.43. The van der Waals surface area contributed by atoms with E-state index in [1.54, 1.807) is 76.7 Å². The number of piperazine rings is 2. The van der Waals surface area contributed by atoms with Crippen molar-refractivity contribution in [3.8, 4) is 16.9 Å². The molecule has 4 saturated heterocycles. The van der Waals surface area contributed by atoms with Crippen LogP contribution < -0.4 is 30.3 Å². The van der Waals surface area contributed by atoms with Crippen LogP contribution >= 0.6 is 0 Å². The number of aromatic nitrogens is 5. The summed E-state index contributed by atoms with van der Waals surface area (Å²) in [5.74, 6) is -9.18. The number of rotatable bonds is 24. The zero-order valence-electron chi connectivity index (χ0n) is 79.7. The summed E-state index contributed by atoms with van der Waals surface area (Å²) < 4.78 is 87.4. The highest BCUT2D eigenvalue weighted by molar-refractivity contribution is 7.90. The van der Waals surface area contributed by atoms with Crippen LogP contribution in [-0.4, -0.2) is 301 Å². The number of piperidine rings is 1. The quantitative estimate of drug-likeness (QED) is 0.0102. The SMILES string of the molecule is CO[C@H]1C[C@@H]2CC[C@@H](C)[C@@](O)(O2)C(=O)C(=O)N2CCCC[C@H]2C(=O)O[C@H]([C@H](C)C[C@@H]2CC[C@@H](O)[C@H](OC)C2)C[C@@H](O)[C@H](C)/C=C(\C)[C@@H](O)[C@@H](OC)C(=NOCC(=O)NCc2cnc(N3CCN(C(=O)CCOCCN4CCN(c5ncc(C(=O)NS(=O)(=O)c6ccc(C(=O)N7CCOc8ccc(-c9ccc(N)nc9)cc8C7)c(C)c6F)cn5)CC4)CC3)nc2)[C@H](C)C[C@H](C)/C=C/C=C/C=C/1C. The molecule has 12 rings (SSSR count). The van der Waals surface area contributed by atoms with E-state index in [1.807, 2.05) is 90.8 Å². The Balaban J connectivity index is 0.589. The van der Waals surface area contributed by atoms with E-state index in [4.69, 9.17) is 43.7 Å². The molecule has 5 fully saturated rings. The number of Topliss-reactive ketones (excluding diaryl/α,β-unsaturated/α-hetero) is 1. The number of halogens is 1. The third-order valence-electron chi connectivity index (χ3n) is 27.3. The summed E-state index contributed by atoms with van der Waals surface area (Å²) >= 11 is 0. The number of benzene rings is 2. The van der Waals surface area contributed by atoms with Gasteiger partial charge in [-0.2, -0.15) is 0 Å². The molecule has 0 radical (unpaired) electrons. The van der Waals surface area contributed by atoms with E-state index in [0.717, 1.165) is 22.8 Å². The number of carbonyl (C=O) groups is 7. The van der Waals surface area contributed by atoms with E-state index in [9.17, 15) is 62.4 Å². The molecule has 9 heterocycles. The number of carbonyl (C=O) groups excluding carboxylic acids is 7. The minimum Gasteiger partial charge on any atom is -0.491 e. The smallest absolute Gasteiger partial charge is 0.329 e. The second-order valence-electron chi connectivity index (χ2n) is 37.0. The van der Waals surface area contributed by atoms with Gasteiger partial charge in [-0.3, -0.25) is 33.7 Å². The van der Waals surface area contributed by atoms with Crippen LogP contribution in [-0.2, 0) is 80.3 Å². The number of nitrogen functional groups attached to an aromatic ring is 1. The maximum absolute atomic E-state index is 16.1. The van der Waals surface area contributed by atoms with Crippen LogP contribution in [0.3, 0.4) is 0 Å². The maximum atomic E-state index is 16.1. The van der Waals surface area contributed by atoms with Crippen molar-refractivity contribution in [1.29, 1.82) is 0 Å². The van der Waals surface area contributed by atoms with Crippen molar-refractivity contribution in [3.63, 3.8) is 0 Å². The zero-order chi connectivity index (χ0) is 97.7. The van der Waals surface area contributed by atoms with Crippen molar-refractivity contribution in [2.75, 3.05) is 135 Å². The van der Waals surface area contributed by atoms with E-state index >= 15 is 4.39 Å². The van der Waals surface area contributed by atoms with Gasteiger partial charge in [0.25, 0.3) is 39.4 Å². The number of fused-ring (bicyclic) bond motifs is 4. The topological polar surface area (TPSA) is 455 Å². The van der Waals surface area contributed by atoms with Gasteiger partial charge in [0.2, 0.25) is 23.6 Å². The number of nitrogens with two attached hydrogens (primary N) is 1. The summed E-state index contributed by atoms with van der Waals surface area (Å²) in [5.41, 5.74) is 9.85. The van der Waals surface area contributed by atoms with Crippen molar-refractivity contribution in [2.45, 2.75) is 218 Å². The number of pyridine rings is 1. The number of amides is 5. The molecule has 740 valence electrons. The van der Waals surface area contributed by atoms with Crippen molar-refractivity contribution in [2.24, 2.45) is 40.7 Å². The van der Waals surface area contributed by atoms with E-state index in [2.05, 4.69) is 40.3 Å². The Labute approximate surface area is 795 Å². The summed E-state index contributed by atoms with van der Waals surface area (Å²) in [6, 6.07) is 10.1. The Hall–Kier alpha value is -10.7. The monoisotopic (exact) mass is 1910 g/mol. The third kappa shape index (κ3) is 27.0. The number of hydrogen-bond donors (Lipinski definition) is 7. The van der Waals surface area contributed by atoms with Gasteiger partial charge in [0.1, 0.15) is 53.2 Å². The van der Waals surface area contributed by atoms with Gasteiger partial charge >= 0.3 is 5.97 Å². The number of anilines is 3. The highest BCUT2D eigenvalue weighted by Gasteiger charge is 2.53. The molecule has 36 nitrogen and oxygen atoms in total. The largest absolute Gasteiger partial charge is 0.491 e. The highest BCUT2D eigenvalue weighted by atomic mass is 32.2. The first kappa shape index (κ1) is 104. The van der Waals surface area contributed by atoms with Crippen LogP contribution in [0.4, 0.5) is 22.1 Å². The fraction of sp³-hybridized carbons (Fsp3) is 0.582. The number of cyclic esters (lactones) is 1. The van der Waals surface area contributed by atoms with Gasteiger partial charge in [0, 0.05) is 184 Å². The van der Waals surface area contributed by atoms with Crippen LogP contribution in [0.5, 0.6) is 5.75 Å². The molecule has 2 bridgehead atoms. The number of methoxy groups -OCH3 is 3. The number of nitrogens with one attached hydrogen (secondary N) is 2. The standard InChI is InChI=1S/C98H134FN15O21S/c1-60-17-13-12-14-18-61(2)80(128-9)50-74-24-20-66(7)98(125,135-74)91(120)94(123)114-31-16-15-19-76(114)95(124)134-81(63(4)47-68-21-26-77(115)82(48-68)129-10)51-78(116)62(3)46-65(6)89(119)90(130-11)88(64(5)45-60)107-133-59-85(117)102-52-69-53-103-96(104-54-69)112-38-36-110(37-39-112)86(118)30-42-131-43-40-109-32-34-111(35-33-109)97-105-56-73(57-106-97)92(121)108-136(126,127)83-28-25-75(67(8)87(83)99)93(122)113-41-44-132-79-27-22-70(49-72(79)58-113)71-23-29-84(100)101-55-71/h12-14,17-18,22-23,25,27-29,46,49,53-57,60,62-64,66,68,74,76-78,80-82,89-90,115-116,119,125H,15-16,19-21,24,26,30-45,47-48,50-52,58-59H2,1-11H3,(H2,100,101)(H,102,117)(H,108,121)/b14-12+,17-13+,61-18+,65-46+,107-88?/t60-,62-,63-,64-,66-,68+,74+,76+,77-,78-,80+,81+,82-,89-,90+,98-/m1/s1. The molecule has 5 aromatic rings. The molecule has 1 aliphatic carbocycles. The lowest BCUT2D eigenvalue weighted by molar-refractivity contribution is -0.265. The molecule has 38 heteroatoms. The minimum atomic E-state index is -4.78. The van der Waals surface area contributed by atoms with Gasteiger partial charge in [0.15, 0.2) is 6.61 Å². The van der Waals surface area contributed by atoms with Gasteiger partial charge in [0.05, 0.1) is 68.0 Å². The Bertz CT molecular complexity index is 5210. The van der Waals surface area contributed by atoms with Crippen molar-refractivity contribution in [3.05, 3.63) is 155 Å². The molecule has 1 saturated carbocycles. The summed E-state index contributed by atoms with van der Waals surface area (Å²) in [6.07, 6.45) is 17.3. The molecule has 5 amide bonds. The second kappa shape index (κ2) is 48.6. The van der Waals surface area contributed by atoms with E-state index < -0.39 is 135 Å². The predicted octanol–water partition coefficient (Wildman–Crippen LogP) is 7.80. The van der Waals surface area contributed by atoms with Crippen LogP contribution in [0.25, 0.3) is 11.1 Å². The normalized spacial score (nSPS) is 28.3. The number of sulfonamides is 1. The molecule has 6 aliphatic heterocycles. The average molecular weight is 1910 g/mol. The number of allylic oxidation sites excluding steroid dienone is 5. The molecular weight excluding hydrogens is 1770 g/mol. The summed E-state index contributed by atoms with van der Waals surface area (Å²) in [7, 11) is -0.212. The first-order valence-electron chi connectivity index (χ1n) is 47.2. The Morgan fingerprint density at radius 1 is 0.735 bits per heavy atom. The summed E-state index contributed by atoms with van der Waals surface area (Å²) in [6.45, 7) is 19.8. The minimum absolute atomic E-state index is 0.0405. The lowest BCUT2D eigenvalue weighted by Crippen LogP contribution is -2.61. The molecule has 8 N–H and O–H groups in total. The van der Waals surface area contributed by atoms with Crippen molar-refractivity contribution in [1.82, 2.24) is 54.6 Å². The Kier molecular flexibility index (Phi) is 37.2. The van der Waals surface area contributed by atoms with Crippen LogP contribution in [0, 0.1) is 48.2 Å². The molecule has 16 atom stereocenters. The van der Waals surface area contributed by atoms with Gasteiger partial charge in [-0.1, -0.05) is 82.3 Å². The number of aliphatic hydroxyl groups is 4. The maximum Gasteiger partial charge on any atom is 0.329 e. The number of esters is 1. The van der Waals surface area contributed by atoms with E-state index in [-0.39, 0.29) is 112 Å². The van der Waals surface area contributed by atoms with E-state index in [1.165, 1.54) is 42.3 Å². The van der Waals surface area contributed by atoms with Crippen molar-refractivity contribution < 1.29 is 105 Å². The van der Waals surface area contributed by atoms with Gasteiger partial charge in [-0.05, 0) is 161 Å². The number of oxime groups is 1. The van der Waals surface area contributed by atoms with Crippen LogP contribution in [0.15, 0.2) is 131 Å². The van der Waals surface area contributed by atoms with Gasteiger partial charge in [-0.15, -0.1) is 0 Å². The third-order valence-corrected chi connectivity index (χ3v) is 28.6. The van der Waals surface area contributed by atoms with Gasteiger partial charge < -0.3 is 94.0 Å². The Morgan fingerprint density at radius 3 is 2.15 bits per heavy atom. The van der Waals surface area contributed by atoms with E-state index in [0.29, 0.717) is 169 Å². The fourth-order valence-corrected chi connectivity index (χ4v) is 19.9. The molecule has 7 aliphatic rings. The molecule has 0 unspecified atom stereocenters. The second-order valence-corrected chi connectivity index (χ2v) is 38.7. The average Bonchev–Trinajstić information content (AvgIpc) is 1.18. The summed E-state index contributed by atoms with van der Waals surface area (Å²) in [5, 5.41) is 54.8. The van der Waals surface area contributed by atoms with Crippen LogP contribution in [0.2, 0.25) is 0 Å². The Morgan fingerprint density at radius 2 is 1.45 bits per heavy atom. The molecule has 2 aromatic carbocycles. The highest BCUT2D eigenvalue weighted by Crippen LogP contribution is 2.40. The fourth-order valence-electron chi connectivity index (χ4n) is 18.8. The molecular formula is C98H134FN15O21S. The van der Waals surface area contributed by atoms with Crippen LogP contribution in [0.1, 0.15) is 169 Å². The first-order valence-corrected chi connectivity index (χ1v) is 48.7. The van der Waals surface area contributed by atoms with Gasteiger partial charge in [-0.25, -0.2) is 47.2 Å². The zero-order valence-corrected chi connectivity index (χ0v) is 80.5. The number of aliphatic hydroxyl groups excluding tert-OH is 3. The number of ether oxygens (including phenoxy) is 7.